The number of carbonyl (C=O) groups excluding carboxylic acids is 1. The van der Waals surface area contributed by atoms with Crippen molar-refractivity contribution in [2.24, 2.45) is 46.3 Å². The van der Waals surface area contributed by atoms with Crippen LogP contribution in [-0.2, 0) is 9.53 Å². The van der Waals surface area contributed by atoms with Crippen molar-refractivity contribution in [1.82, 2.24) is 0 Å². The molecule has 0 saturated heterocycles. The number of aliphatic hydroxyl groups is 1. The lowest BCUT2D eigenvalue weighted by atomic mass is 9.46. The molecule has 3 saturated carbocycles. The van der Waals surface area contributed by atoms with E-state index in [1.165, 1.54) is 50.5 Å². The van der Waals surface area contributed by atoms with Gasteiger partial charge in [-0.3, -0.25) is 4.79 Å². The van der Waals surface area contributed by atoms with Crippen LogP contribution in [0.15, 0.2) is 11.6 Å². The van der Waals surface area contributed by atoms with Crippen molar-refractivity contribution in [2.75, 3.05) is 0 Å². The summed E-state index contributed by atoms with van der Waals surface area (Å²) in [5.74, 6) is 4.58. The van der Waals surface area contributed by atoms with E-state index in [0.717, 1.165) is 36.5 Å². The molecular formula is C28H46O3. The van der Waals surface area contributed by atoms with Crippen molar-refractivity contribution in [2.45, 2.75) is 111 Å². The number of hydrogen-bond donors (Lipinski definition) is 1. The zero-order chi connectivity index (χ0) is 22.4. The van der Waals surface area contributed by atoms with Crippen LogP contribution in [-0.4, -0.2) is 23.8 Å². The van der Waals surface area contributed by atoms with E-state index in [1.54, 1.807) is 0 Å². The van der Waals surface area contributed by atoms with Crippen LogP contribution in [0.25, 0.3) is 0 Å². The van der Waals surface area contributed by atoms with Gasteiger partial charge in [0.15, 0.2) is 0 Å². The molecule has 0 aromatic rings. The average Bonchev–Trinajstić information content (AvgIpc) is 3.06. The first kappa shape index (κ1) is 23.3. The van der Waals surface area contributed by atoms with E-state index < -0.39 is 0 Å². The molecule has 4 aliphatic rings. The minimum atomic E-state index is -0.378. The molecule has 0 amide bonds. The van der Waals surface area contributed by atoms with E-state index in [9.17, 15) is 9.90 Å². The quantitative estimate of drug-likeness (QED) is 0.368. The zero-order valence-electron chi connectivity index (χ0n) is 20.6. The summed E-state index contributed by atoms with van der Waals surface area (Å²) in [5.41, 5.74) is 1.74. The molecule has 1 N–H and O–H groups in total. The van der Waals surface area contributed by atoms with Crippen LogP contribution in [0.2, 0.25) is 0 Å². The fraction of sp³-hybridized carbons (Fsp3) is 0.893. The number of ether oxygens (including phenoxy) is 1. The topological polar surface area (TPSA) is 46.5 Å². The first-order chi connectivity index (χ1) is 14.7. The van der Waals surface area contributed by atoms with Crippen LogP contribution in [0.5, 0.6) is 0 Å². The van der Waals surface area contributed by atoms with Gasteiger partial charge in [0.1, 0.15) is 6.10 Å². The van der Waals surface area contributed by atoms with E-state index in [-0.39, 0.29) is 17.6 Å². The summed E-state index contributed by atoms with van der Waals surface area (Å²) >= 11 is 0. The van der Waals surface area contributed by atoms with Gasteiger partial charge >= 0.3 is 0 Å². The molecule has 4 aliphatic carbocycles. The van der Waals surface area contributed by atoms with E-state index in [0.29, 0.717) is 30.1 Å². The van der Waals surface area contributed by atoms with Gasteiger partial charge in [-0.15, -0.1) is 0 Å². The lowest BCUT2D eigenvalue weighted by Gasteiger charge is -2.59. The molecule has 1 unspecified atom stereocenters. The lowest BCUT2D eigenvalue weighted by molar-refractivity contribution is -0.155. The highest BCUT2D eigenvalue weighted by Gasteiger charge is 2.61. The van der Waals surface area contributed by atoms with Gasteiger partial charge in [0.25, 0.3) is 6.47 Å². The minimum absolute atomic E-state index is 0.0919. The molecule has 0 bridgehead atoms. The first-order valence-corrected chi connectivity index (χ1v) is 13.2. The van der Waals surface area contributed by atoms with Crippen molar-refractivity contribution in [1.29, 1.82) is 0 Å². The van der Waals surface area contributed by atoms with Crippen LogP contribution in [0.1, 0.15) is 98.8 Å². The van der Waals surface area contributed by atoms with Crippen LogP contribution in [0, 0.1) is 46.3 Å². The Balaban J connectivity index is 1.54. The predicted octanol–water partition coefficient (Wildman–Crippen LogP) is 6.54. The Hall–Kier alpha value is -0.830. The maximum atomic E-state index is 11.3. The highest BCUT2D eigenvalue weighted by Crippen LogP contribution is 2.67. The average molecular weight is 431 g/mol. The Morgan fingerprint density at radius 2 is 1.94 bits per heavy atom. The molecule has 3 fully saturated rings. The zero-order valence-corrected chi connectivity index (χ0v) is 20.6. The normalized spacial score (nSPS) is 45.3. The molecule has 0 heterocycles. The predicted molar refractivity (Wildman–Crippen MR) is 125 cm³/mol. The summed E-state index contributed by atoms with van der Waals surface area (Å²) in [6, 6.07) is 0. The molecule has 9 atom stereocenters. The Labute approximate surface area is 190 Å². The molecule has 0 aliphatic heterocycles. The van der Waals surface area contributed by atoms with Gasteiger partial charge in [-0.25, -0.2) is 0 Å². The number of allylic oxidation sites excluding steroid dienone is 1. The Kier molecular flexibility index (Phi) is 6.65. The minimum Gasteiger partial charge on any atom is -0.464 e. The summed E-state index contributed by atoms with van der Waals surface area (Å²) in [6.07, 6.45) is 13.8. The smallest absolute Gasteiger partial charge is 0.293 e. The van der Waals surface area contributed by atoms with Gasteiger partial charge in [0, 0.05) is 11.8 Å². The maximum Gasteiger partial charge on any atom is 0.293 e. The van der Waals surface area contributed by atoms with Crippen LogP contribution in [0.3, 0.4) is 0 Å². The Morgan fingerprint density at radius 3 is 2.65 bits per heavy atom. The van der Waals surface area contributed by atoms with Crippen LogP contribution in [0.4, 0.5) is 0 Å². The van der Waals surface area contributed by atoms with Gasteiger partial charge in [-0.1, -0.05) is 65.5 Å². The third-order valence-electron chi connectivity index (χ3n) is 10.6. The monoisotopic (exact) mass is 430 g/mol. The number of fused-ring (bicyclic) bond motifs is 5. The summed E-state index contributed by atoms with van der Waals surface area (Å²) in [7, 11) is 0. The maximum absolute atomic E-state index is 11.3. The van der Waals surface area contributed by atoms with Gasteiger partial charge in [0.2, 0.25) is 0 Å². The summed E-state index contributed by atoms with van der Waals surface area (Å²) in [4.78, 5) is 11.3. The van der Waals surface area contributed by atoms with Crippen LogP contribution >= 0.6 is 0 Å². The Bertz CT molecular complexity index is 684. The number of aliphatic hydroxyl groups excluding tert-OH is 1. The van der Waals surface area contributed by atoms with Crippen LogP contribution < -0.4 is 0 Å². The van der Waals surface area contributed by atoms with Crippen molar-refractivity contribution in [3.05, 3.63) is 11.6 Å². The standard InChI is InChI=1S/C28H46O3/c1-18(2)7-6-8-19(3)23-11-12-24-22-10-9-20-15-21(30)16-26(31-17-29)28(20,5)25(22)13-14-27(23,24)4/h9,17-19,21-26,30H,6-8,10-16H2,1-5H3/t19-,21-,22+,23-,24+,25+,26?,27-,28+/m1/s1. The lowest BCUT2D eigenvalue weighted by Crippen LogP contribution is -2.56. The molecule has 0 spiro atoms. The second kappa shape index (κ2) is 8.84. The second-order valence-electron chi connectivity index (χ2n) is 12.5. The number of carbonyl (C=O) groups is 1. The summed E-state index contributed by atoms with van der Waals surface area (Å²) in [6.45, 7) is 12.8. The van der Waals surface area contributed by atoms with E-state index in [4.69, 9.17) is 4.74 Å². The fourth-order valence-electron chi connectivity index (χ4n) is 8.96. The van der Waals surface area contributed by atoms with E-state index in [2.05, 4.69) is 40.7 Å². The fourth-order valence-corrected chi connectivity index (χ4v) is 8.96. The molecule has 3 nitrogen and oxygen atoms in total. The third-order valence-corrected chi connectivity index (χ3v) is 10.6. The van der Waals surface area contributed by atoms with Crippen molar-refractivity contribution in [3.8, 4) is 0 Å². The second-order valence-corrected chi connectivity index (χ2v) is 12.5. The van der Waals surface area contributed by atoms with Crippen molar-refractivity contribution >= 4 is 6.47 Å². The first-order valence-electron chi connectivity index (χ1n) is 13.2. The van der Waals surface area contributed by atoms with E-state index >= 15 is 0 Å². The van der Waals surface area contributed by atoms with Gasteiger partial charge in [-0.2, -0.15) is 0 Å². The molecule has 176 valence electrons. The number of hydrogen-bond acceptors (Lipinski definition) is 3. The van der Waals surface area contributed by atoms with Gasteiger partial charge in [-0.05, 0) is 79.4 Å². The van der Waals surface area contributed by atoms with Gasteiger partial charge in [0.05, 0.1) is 6.10 Å². The summed E-state index contributed by atoms with van der Waals surface area (Å²) < 4.78 is 5.65. The molecule has 0 aromatic carbocycles. The molecule has 4 rings (SSSR count). The molecule has 0 radical (unpaired) electrons. The van der Waals surface area contributed by atoms with Gasteiger partial charge < -0.3 is 9.84 Å². The van der Waals surface area contributed by atoms with Crippen molar-refractivity contribution in [3.63, 3.8) is 0 Å². The SMILES string of the molecule is CC(C)CCC[C@@H](C)[C@H]1CC[C@H]2[C@@H]3CC=C4C[C@@H](O)CC(OC=O)[C@]4(C)[C@H]3CC[C@]12C. The van der Waals surface area contributed by atoms with Crippen molar-refractivity contribution < 1.29 is 14.6 Å². The highest BCUT2D eigenvalue weighted by atomic mass is 16.5. The largest absolute Gasteiger partial charge is 0.464 e. The summed E-state index contributed by atoms with van der Waals surface area (Å²) in [5, 5.41) is 10.4. The Morgan fingerprint density at radius 1 is 1.16 bits per heavy atom. The third kappa shape index (κ3) is 3.91. The molecule has 0 aromatic heterocycles. The number of rotatable bonds is 7. The van der Waals surface area contributed by atoms with E-state index in [1.807, 2.05) is 0 Å². The molecular weight excluding hydrogens is 384 g/mol. The highest BCUT2D eigenvalue weighted by molar-refractivity contribution is 5.39. The molecule has 31 heavy (non-hydrogen) atoms. The molecule has 3 heteroatoms.